The summed E-state index contributed by atoms with van der Waals surface area (Å²) < 4.78 is 26.6. The fraction of sp³-hybridized carbons (Fsp3) is 0.160. The molecule has 3 aromatic carbocycles. The van der Waals surface area contributed by atoms with Crippen LogP contribution in [0.3, 0.4) is 0 Å². The van der Waals surface area contributed by atoms with Gasteiger partial charge in [-0.2, -0.15) is 5.26 Å². The molecule has 0 spiro atoms. The lowest BCUT2D eigenvalue weighted by molar-refractivity contribution is 0.603. The topological polar surface area (TPSA) is 70.0 Å². The Hall–Kier alpha value is -3.01. The van der Waals surface area contributed by atoms with Gasteiger partial charge in [0.2, 0.25) is 9.84 Å². The average molecular weight is 449 g/mol. The summed E-state index contributed by atoms with van der Waals surface area (Å²) in [4.78, 5) is -0.177. The maximum absolute atomic E-state index is 13.3. The van der Waals surface area contributed by atoms with Gasteiger partial charge in [-0.25, -0.2) is 8.42 Å². The number of nitrogens with one attached hydrogen (secondary N) is 1. The second-order valence-electron chi connectivity index (χ2n) is 7.19. The number of thioether (sulfide) groups is 1. The minimum Gasteiger partial charge on any atom is -0.348 e. The van der Waals surface area contributed by atoms with E-state index in [0.717, 1.165) is 27.9 Å². The number of para-hydroxylation sites is 1. The van der Waals surface area contributed by atoms with Crippen molar-refractivity contribution in [2.24, 2.45) is 0 Å². The van der Waals surface area contributed by atoms with Gasteiger partial charge in [0.15, 0.2) is 4.91 Å². The molecule has 0 aromatic heterocycles. The highest BCUT2D eigenvalue weighted by atomic mass is 32.2. The minimum atomic E-state index is -3.98. The molecule has 0 unspecified atom stereocenters. The molecule has 6 heteroatoms. The summed E-state index contributed by atoms with van der Waals surface area (Å²) in [6.45, 7) is 5.93. The van der Waals surface area contributed by atoms with Crippen LogP contribution in [-0.2, 0) is 15.6 Å². The van der Waals surface area contributed by atoms with Gasteiger partial charge in [-0.15, -0.1) is 11.8 Å². The molecule has 0 atom stereocenters. The molecule has 1 N–H and O–H groups in total. The zero-order valence-corrected chi connectivity index (χ0v) is 19.3. The van der Waals surface area contributed by atoms with E-state index in [4.69, 9.17) is 0 Å². The first-order valence-electron chi connectivity index (χ1n) is 9.79. The normalized spacial score (nSPS) is 12.1. The Bertz CT molecular complexity index is 1240. The molecule has 3 aromatic rings. The molecular weight excluding hydrogens is 424 g/mol. The first-order valence-corrected chi connectivity index (χ1v) is 12.3. The number of nitriles is 1. The van der Waals surface area contributed by atoms with Gasteiger partial charge in [-0.3, -0.25) is 0 Å². The Morgan fingerprint density at radius 1 is 0.871 bits per heavy atom. The molecule has 0 bridgehead atoms. The number of hydrogen-bond donors (Lipinski definition) is 1. The molecule has 158 valence electrons. The van der Waals surface area contributed by atoms with Crippen LogP contribution in [0.4, 0.5) is 5.69 Å². The van der Waals surface area contributed by atoms with Crippen molar-refractivity contribution < 1.29 is 8.42 Å². The number of anilines is 1. The van der Waals surface area contributed by atoms with E-state index in [-0.39, 0.29) is 9.80 Å². The van der Waals surface area contributed by atoms with Crippen LogP contribution in [0, 0.1) is 32.1 Å². The molecule has 0 saturated heterocycles. The Morgan fingerprint density at radius 3 is 2.06 bits per heavy atom. The lowest BCUT2D eigenvalue weighted by Gasteiger charge is -2.17. The van der Waals surface area contributed by atoms with Crippen LogP contribution in [0.15, 0.2) is 87.6 Å². The molecule has 0 fully saturated rings. The molecule has 31 heavy (non-hydrogen) atoms. The van der Waals surface area contributed by atoms with Gasteiger partial charge in [0, 0.05) is 11.4 Å². The predicted molar refractivity (Wildman–Crippen MR) is 128 cm³/mol. The third kappa shape index (κ3) is 5.19. The van der Waals surface area contributed by atoms with Gasteiger partial charge in [0.25, 0.3) is 0 Å². The van der Waals surface area contributed by atoms with E-state index in [1.807, 2.05) is 69.3 Å². The van der Waals surface area contributed by atoms with Crippen molar-refractivity contribution in [3.05, 3.63) is 105 Å². The molecule has 0 saturated carbocycles. The van der Waals surface area contributed by atoms with Gasteiger partial charge < -0.3 is 5.32 Å². The van der Waals surface area contributed by atoms with E-state index in [9.17, 15) is 13.7 Å². The van der Waals surface area contributed by atoms with Crippen molar-refractivity contribution in [3.8, 4) is 6.07 Å². The third-order valence-electron chi connectivity index (χ3n) is 4.98. The summed E-state index contributed by atoms with van der Waals surface area (Å²) in [5.41, 5.74) is 4.96. The number of nitrogens with zero attached hydrogens (tertiary/aromatic N) is 1. The van der Waals surface area contributed by atoms with E-state index in [1.165, 1.54) is 23.9 Å². The molecule has 0 aliphatic rings. The number of allylic oxidation sites excluding steroid dienone is 1. The maximum Gasteiger partial charge on any atom is 0.219 e. The van der Waals surface area contributed by atoms with Crippen LogP contribution in [0.2, 0.25) is 0 Å². The molecule has 4 nitrogen and oxygen atoms in total. The lowest BCUT2D eigenvalue weighted by Crippen LogP contribution is -2.11. The van der Waals surface area contributed by atoms with Crippen molar-refractivity contribution in [3.63, 3.8) is 0 Å². The number of aryl methyl sites for hydroxylation is 3. The zero-order valence-electron chi connectivity index (χ0n) is 17.7. The lowest BCUT2D eigenvalue weighted by atomic mass is 10.1. The molecule has 0 aliphatic heterocycles. The quantitative estimate of drug-likeness (QED) is 0.441. The van der Waals surface area contributed by atoms with E-state index in [0.29, 0.717) is 10.8 Å². The van der Waals surface area contributed by atoms with Gasteiger partial charge in [-0.05, 0) is 55.2 Å². The summed E-state index contributed by atoms with van der Waals surface area (Å²) >= 11 is 1.32. The van der Waals surface area contributed by atoms with Crippen LogP contribution >= 0.6 is 11.8 Å². The summed E-state index contributed by atoms with van der Waals surface area (Å²) in [6.07, 6.45) is 0. The molecule has 0 heterocycles. The molecule has 0 amide bonds. The van der Waals surface area contributed by atoms with Gasteiger partial charge >= 0.3 is 0 Å². The summed E-state index contributed by atoms with van der Waals surface area (Å²) in [7, 11) is -3.98. The Balaban J connectivity index is 2.11. The molecule has 3 rings (SSSR count). The van der Waals surface area contributed by atoms with Crippen LogP contribution < -0.4 is 5.32 Å². The number of rotatable bonds is 7. The fourth-order valence-corrected chi connectivity index (χ4v) is 5.80. The smallest absolute Gasteiger partial charge is 0.219 e. The first-order chi connectivity index (χ1) is 14.8. The number of benzene rings is 3. The molecule has 0 aliphatic carbocycles. The Labute approximate surface area is 188 Å². The second-order valence-corrected chi connectivity index (χ2v) is 10.1. The van der Waals surface area contributed by atoms with E-state index < -0.39 is 9.84 Å². The third-order valence-corrected chi connectivity index (χ3v) is 7.89. The first kappa shape index (κ1) is 22.7. The standard InChI is InChI=1S/C25H24N2O2S2/c1-18-10-7-8-13-21(18)17-30-25(27-24-19(2)11-9-12-20(24)3)23(16-26)31(28,29)22-14-5-4-6-15-22/h4-15,27H,17H2,1-3H3. The van der Waals surface area contributed by atoms with E-state index >= 15 is 0 Å². The Morgan fingerprint density at radius 2 is 1.45 bits per heavy atom. The maximum atomic E-state index is 13.3. The fourth-order valence-electron chi connectivity index (χ4n) is 3.16. The Kier molecular flexibility index (Phi) is 7.21. The van der Waals surface area contributed by atoms with Crippen molar-refractivity contribution in [2.45, 2.75) is 31.4 Å². The SMILES string of the molecule is Cc1ccccc1CSC(Nc1c(C)cccc1C)=C(C#N)S(=O)(=O)c1ccccc1. The highest BCUT2D eigenvalue weighted by Crippen LogP contribution is 2.33. The predicted octanol–water partition coefficient (Wildman–Crippen LogP) is 6.12. The van der Waals surface area contributed by atoms with E-state index in [1.54, 1.807) is 18.2 Å². The van der Waals surface area contributed by atoms with Crippen LogP contribution in [0.5, 0.6) is 0 Å². The van der Waals surface area contributed by atoms with Gasteiger partial charge in [0.1, 0.15) is 11.1 Å². The van der Waals surface area contributed by atoms with Crippen molar-refractivity contribution in [2.75, 3.05) is 5.32 Å². The van der Waals surface area contributed by atoms with Crippen molar-refractivity contribution in [1.82, 2.24) is 0 Å². The minimum absolute atomic E-state index is 0.101. The zero-order chi connectivity index (χ0) is 22.4. The summed E-state index contributed by atoms with van der Waals surface area (Å²) in [5, 5.41) is 13.5. The van der Waals surface area contributed by atoms with Gasteiger partial charge in [-0.1, -0.05) is 60.7 Å². The molecule has 0 radical (unpaired) electrons. The van der Waals surface area contributed by atoms with Crippen LogP contribution in [0.25, 0.3) is 0 Å². The van der Waals surface area contributed by atoms with Crippen LogP contribution in [-0.4, -0.2) is 8.42 Å². The average Bonchev–Trinajstić information content (AvgIpc) is 2.76. The summed E-state index contributed by atoms with van der Waals surface area (Å²) in [5.74, 6) is 0.537. The molecular formula is C25H24N2O2S2. The summed E-state index contributed by atoms with van der Waals surface area (Å²) in [6, 6.07) is 23.8. The van der Waals surface area contributed by atoms with Gasteiger partial charge in [0.05, 0.1) is 4.90 Å². The number of hydrogen-bond acceptors (Lipinski definition) is 5. The highest BCUT2D eigenvalue weighted by Gasteiger charge is 2.26. The van der Waals surface area contributed by atoms with E-state index in [2.05, 4.69) is 5.32 Å². The second kappa shape index (κ2) is 9.86. The number of sulfone groups is 1. The van der Waals surface area contributed by atoms with Crippen LogP contribution in [0.1, 0.15) is 22.3 Å². The van der Waals surface area contributed by atoms with Crippen molar-refractivity contribution in [1.29, 1.82) is 5.26 Å². The monoisotopic (exact) mass is 448 g/mol. The van der Waals surface area contributed by atoms with Crippen molar-refractivity contribution >= 4 is 27.3 Å². The highest BCUT2D eigenvalue weighted by molar-refractivity contribution is 8.04. The largest absolute Gasteiger partial charge is 0.348 e.